The number of nitrogens with zero attached hydrogens (tertiary/aromatic N) is 1. The lowest BCUT2D eigenvalue weighted by Gasteiger charge is -2.08. The van der Waals surface area contributed by atoms with E-state index in [2.05, 4.69) is 10.9 Å². The number of benzene rings is 1. The highest BCUT2D eigenvalue weighted by Crippen LogP contribution is 2.12. The quantitative estimate of drug-likeness (QED) is 0.439. The third-order valence-corrected chi connectivity index (χ3v) is 2.73. The van der Waals surface area contributed by atoms with Crippen molar-refractivity contribution in [2.24, 2.45) is 0 Å². The number of hydrazine groups is 1. The minimum absolute atomic E-state index is 0.0134. The molecule has 1 aromatic rings. The van der Waals surface area contributed by atoms with E-state index in [-0.39, 0.29) is 17.7 Å². The largest absolute Gasteiger partial charge is 0.455 e. The lowest BCUT2D eigenvalue weighted by molar-refractivity contribution is -0.384. The maximum atomic E-state index is 11.7. The van der Waals surface area contributed by atoms with Crippen molar-refractivity contribution in [3.63, 3.8) is 0 Å². The Morgan fingerprint density at radius 3 is 2.65 bits per heavy atom. The molecule has 0 aliphatic rings. The molecule has 0 saturated heterocycles. The van der Waals surface area contributed by atoms with Crippen LogP contribution in [0.3, 0.4) is 0 Å². The molecule has 0 atom stereocenters. The Labute approximate surface area is 132 Å². The van der Waals surface area contributed by atoms with Crippen LogP contribution in [0.25, 0.3) is 0 Å². The average molecular weight is 323 g/mol. The van der Waals surface area contributed by atoms with Crippen LogP contribution in [0, 0.1) is 10.1 Å². The van der Waals surface area contributed by atoms with Crippen LogP contribution in [-0.4, -0.2) is 29.3 Å². The number of carbonyl (C=O) groups is 3. The van der Waals surface area contributed by atoms with E-state index in [1.807, 2.05) is 6.92 Å². The summed E-state index contributed by atoms with van der Waals surface area (Å²) in [5.74, 6) is -1.93. The molecule has 0 aliphatic heterocycles. The van der Waals surface area contributed by atoms with Crippen molar-refractivity contribution < 1.29 is 24.0 Å². The Morgan fingerprint density at radius 1 is 1.26 bits per heavy atom. The van der Waals surface area contributed by atoms with Crippen LogP contribution >= 0.6 is 0 Å². The first-order valence-corrected chi connectivity index (χ1v) is 6.93. The molecular weight excluding hydrogens is 306 g/mol. The first kappa shape index (κ1) is 18.1. The number of esters is 1. The minimum atomic E-state index is -0.723. The second kappa shape index (κ2) is 9.13. The zero-order chi connectivity index (χ0) is 17.2. The number of nitro groups is 1. The van der Waals surface area contributed by atoms with Gasteiger partial charge in [-0.05, 0) is 12.5 Å². The lowest BCUT2D eigenvalue weighted by Crippen LogP contribution is -2.43. The van der Waals surface area contributed by atoms with Crippen LogP contribution in [0.5, 0.6) is 0 Å². The molecule has 23 heavy (non-hydrogen) atoms. The summed E-state index contributed by atoms with van der Waals surface area (Å²) >= 11 is 0. The van der Waals surface area contributed by atoms with Crippen molar-refractivity contribution in [1.29, 1.82) is 0 Å². The first-order valence-electron chi connectivity index (χ1n) is 6.93. The van der Waals surface area contributed by atoms with E-state index in [9.17, 15) is 24.5 Å². The van der Waals surface area contributed by atoms with E-state index in [0.717, 1.165) is 12.5 Å². The van der Waals surface area contributed by atoms with Crippen molar-refractivity contribution in [2.75, 3.05) is 6.61 Å². The second-order valence-corrected chi connectivity index (χ2v) is 4.57. The SMILES string of the molecule is CCCCC(=O)OCC(=O)NNC(=O)c1cccc([N+](=O)[O-])c1. The summed E-state index contributed by atoms with van der Waals surface area (Å²) in [6.45, 7) is 1.40. The summed E-state index contributed by atoms with van der Waals surface area (Å²) in [5, 5.41) is 10.6. The van der Waals surface area contributed by atoms with Crippen LogP contribution in [0.15, 0.2) is 24.3 Å². The minimum Gasteiger partial charge on any atom is -0.455 e. The van der Waals surface area contributed by atoms with Gasteiger partial charge in [-0.3, -0.25) is 35.3 Å². The standard InChI is InChI=1S/C14H17N3O6/c1-2-3-7-13(19)23-9-12(18)15-16-14(20)10-5-4-6-11(8-10)17(21)22/h4-6,8H,2-3,7,9H2,1H3,(H,15,18)(H,16,20). The Morgan fingerprint density at radius 2 is 2.00 bits per heavy atom. The number of non-ortho nitro benzene ring substituents is 1. The van der Waals surface area contributed by atoms with Crippen LogP contribution in [0.2, 0.25) is 0 Å². The molecule has 0 spiro atoms. The molecule has 1 aromatic carbocycles. The van der Waals surface area contributed by atoms with Crippen LogP contribution in [0.1, 0.15) is 36.5 Å². The van der Waals surface area contributed by atoms with Gasteiger partial charge in [-0.2, -0.15) is 0 Å². The predicted octanol–water partition coefficient (Wildman–Crippen LogP) is 1.09. The summed E-state index contributed by atoms with van der Waals surface area (Å²) in [7, 11) is 0. The van der Waals surface area contributed by atoms with Gasteiger partial charge in [0.1, 0.15) is 0 Å². The highest BCUT2D eigenvalue weighted by atomic mass is 16.6. The normalized spacial score (nSPS) is 9.78. The Hall–Kier alpha value is -2.97. The average Bonchev–Trinajstić information content (AvgIpc) is 2.55. The van der Waals surface area contributed by atoms with Gasteiger partial charge in [-0.25, -0.2) is 0 Å². The van der Waals surface area contributed by atoms with E-state index >= 15 is 0 Å². The molecule has 9 nitrogen and oxygen atoms in total. The predicted molar refractivity (Wildman–Crippen MR) is 79.2 cm³/mol. The van der Waals surface area contributed by atoms with Gasteiger partial charge >= 0.3 is 5.97 Å². The molecule has 0 radical (unpaired) electrons. The van der Waals surface area contributed by atoms with E-state index in [0.29, 0.717) is 6.42 Å². The van der Waals surface area contributed by atoms with Crippen molar-refractivity contribution >= 4 is 23.5 Å². The highest BCUT2D eigenvalue weighted by molar-refractivity contribution is 5.96. The van der Waals surface area contributed by atoms with Gasteiger partial charge in [0, 0.05) is 24.1 Å². The van der Waals surface area contributed by atoms with Gasteiger partial charge in [0.2, 0.25) is 0 Å². The molecule has 0 unspecified atom stereocenters. The Bertz CT molecular complexity index is 602. The van der Waals surface area contributed by atoms with Crippen molar-refractivity contribution in [3.8, 4) is 0 Å². The van der Waals surface area contributed by atoms with E-state index in [4.69, 9.17) is 4.74 Å². The van der Waals surface area contributed by atoms with Gasteiger partial charge < -0.3 is 4.74 Å². The topological polar surface area (TPSA) is 128 Å². The number of amides is 2. The molecular formula is C14H17N3O6. The Kier molecular flexibility index (Phi) is 7.18. The van der Waals surface area contributed by atoms with E-state index in [1.54, 1.807) is 0 Å². The van der Waals surface area contributed by atoms with Crippen molar-refractivity contribution in [1.82, 2.24) is 10.9 Å². The summed E-state index contributed by atoms with van der Waals surface area (Å²) in [6, 6.07) is 5.03. The molecule has 0 fully saturated rings. The van der Waals surface area contributed by atoms with Crippen LogP contribution in [-0.2, 0) is 14.3 Å². The number of nitrogens with one attached hydrogen (secondary N) is 2. The second-order valence-electron chi connectivity index (χ2n) is 4.57. The van der Waals surface area contributed by atoms with Gasteiger partial charge in [-0.15, -0.1) is 0 Å². The fraction of sp³-hybridized carbons (Fsp3) is 0.357. The number of ether oxygens (including phenoxy) is 1. The zero-order valence-electron chi connectivity index (χ0n) is 12.5. The fourth-order valence-corrected chi connectivity index (χ4v) is 1.53. The molecule has 124 valence electrons. The third-order valence-electron chi connectivity index (χ3n) is 2.73. The number of hydrogen-bond donors (Lipinski definition) is 2. The maximum absolute atomic E-state index is 11.7. The molecule has 1 rings (SSSR count). The third kappa shape index (κ3) is 6.55. The molecule has 2 N–H and O–H groups in total. The first-order chi connectivity index (χ1) is 10.9. The number of carbonyl (C=O) groups excluding carboxylic acids is 3. The van der Waals surface area contributed by atoms with Crippen LogP contribution in [0.4, 0.5) is 5.69 Å². The summed E-state index contributed by atoms with van der Waals surface area (Å²) < 4.78 is 4.70. The molecule has 0 heterocycles. The van der Waals surface area contributed by atoms with E-state index < -0.39 is 29.3 Å². The molecule has 0 bridgehead atoms. The lowest BCUT2D eigenvalue weighted by atomic mass is 10.2. The molecule has 0 aromatic heterocycles. The monoisotopic (exact) mass is 323 g/mol. The smallest absolute Gasteiger partial charge is 0.306 e. The maximum Gasteiger partial charge on any atom is 0.306 e. The van der Waals surface area contributed by atoms with Gasteiger partial charge in [0.15, 0.2) is 6.61 Å². The number of nitro benzene ring substituents is 1. The number of rotatable bonds is 7. The fourth-order valence-electron chi connectivity index (χ4n) is 1.53. The number of hydrogen-bond acceptors (Lipinski definition) is 6. The molecule has 0 aliphatic carbocycles. The zero-order valence-corrected chi connectivity index (χ0v) is 12.5. The van der Waals surface area contributed by atoms with Gasteiger partial charge in [0.25, 0.3) is 17.5 Å². The van der Waals surface area contributed by atoms with Gasteiger partial charge in [0.05, 0.1) is 4.92 Å². The number of unbranched alkanes of at least 4 members (excludes halogenated alkanes) is 1. The Balaban J connectivity index is 2.41. The summed E-state index contributed by atoms with van der Waals surface area (Å²) in [5.41, 5.74) is 3.91. The highest BCUT2D eigenvalue weighted by Gasteiger charge is 2.13. The summed E-state index contributed by atoms with van der Waals surface area (Å²) in [4.78, 5) is 44.4. The molecule has 9 heteroatoms. The van der Waals surface area contributed by atoms with E-state index in [1.165, 1.54) is 18.2 Å². The van der Waals surface area contributed by atoms with Crippen LogP contribution < -0.4 is 10.9 Å². The molecule has 0 saturated carbocycles. The summed E-state index contributed by atoms with van der Waals surface area (Å²) in [6.07, 6.45) is 1.73. The molecule has 2 amide bonds. The van der Waals surface area contributed by atoms with Crippen molar-refractivity contribution in [2.45, 2.75) is 26.2 Å². The van der Waals surface area contributed by atoms with Gasteiger partial charge in [-0.1, -0.05) is 19.4 Å². The van der Waals surface area contributed by atoms with Crippen molar-refractivity contribution in [3.05, 3.63) is 39.9 Å².